The van der Waals surface area contributed by atoms with Gasteiger partial charge in [0.2, 0.25) is 5.91 Å². The molecule has 27 heavy (non-hydrogen) atoms. The molecule has 1 unspecified atom stereocenters. The average molecular weight is 368 g/mol. The van der Waals surface area contributed by atoms with Crippen LogP contribution in [0, 0.1) is 5.92 Å². The lowest BCUT2D eigenvalue weighted by atomic mass is 10.0. The van der Waals surface area contributed by atoms with Crippen LogP contribution in [0.5, 0.6) is 0 Å². The van der Waals surface area contributed by atoms with Gasteiger partial charge in [-0.15, -0.1) is 0 Å². The fourth-order valence-electron chi connectivity index (χ4n) is 2.77. The second kappa shape index (κ2) is 10.5. The lowest BCUT2D eigenvalue weighted by Gasteiger charge is -2.21. The summed E-state index contributed by atoms with van der Waals surface area (Å²) in [6.45, 7) is 4.17. The minimum atomic E-state index is -0.776. The molecule has 144 valence electrons. The van der Waals surface area contributed by atoms with E-state index in [-0.39, 0.29) is 12.5 Å². The zero-order valence-corrected chi connectivity index (χ0v) is 15.9. The van der Waals surface area contributed by atoms with Gasteiger partial charge in [0.25, 0.3) is 0 Å². The zero-order chi connectivity index (χ0) is 19.6. The SMILES string of the molecule is CC(C)CC(N)C(=O)N[C@@H](Cc1ccccc1)C(=O)OCc1ccccc1. The maximum Gasteiger partial charge on any atom is 0.329 e. The molecule has 5 nitrogen and oxygen atoms in total. The van der Waals surface area contributed by atoms with Crippen LogP contribution in [0.2, 0.25) is 0 Å². The molecule has 2 atom stereocenters. The van der Waals surface area contributed by atoms with Crippen LogP contribution in [0.3, 0.4) is 0 Å². The Labute approximate surface area is 160 Å². The molecule has 0 aromatic heterocycles. The summed E-state index contributed by atoms with van der Waals surface area (Å²) in [6, 6.07) is 17.6. The molecular formula is C22H28N2O3. The quantitative estimate of drug-likeness (QED) is 0.667. The first-order valence-corrected chi connectivity index (χ1v) is 9.26. The first-order valence-electron chi connectivity index (χ1n) is 9.26. The number of benzene rings is 2. The Balaban J connectivity index is 2.03. The van der Waals surface area contributed by atoms with Gasteiger partial charge in [0, 0.05) is 6.42 Å². The number of esters is 1. The van der Waals surface area contributed by atoms with Crippen LogP contribution in [0.25, 0.3) is 0 Å². The molecule has 0 aliphatic carbocycles. The number of ether oxygens (including phenoxy) is 1. The zero-order valence-electron chi connectivity index (χ0n) is 15.9. The number of carbonyl (C=O) groups excluding carboxylic acids is 2. The third kappa shape index (κ3) is 7.23. The third-order valence-electron chi connectivity index (χ3n) is 4.17. The van der Waals surface area contributed by atoms with Gasteiger partial charge in [-0.2, -0.15) is 0 Å². The molecule has 2 aromatic rings. The smallest absolute Gasteiger partial charge is 0.329 e. The van der Waals surface area contributed by atoms with Gasteiger partial charge in [-0.1, -0.05) is 74.5 Å². The molecule has 0 fully saturated rings. The van der Waals surface area contributed by atoms with Crippen LogP contribution in [0.15, 0.2) is 60.7 Å². The number of hydrogen-bond donors (Lipinski definition) is 2. The average Bonchev–Trinajstić information content (AvgIpc) is 2.66. The van der Waals surface area contributed by atoms with E-state index in [0.29, 0.717) is 18.8 Å². The van der Waals surface area contributed by atoms with E-state index in [1.165, 1.54) is 0 Å². The van der Waals surface area contributed by atoms with Gasteiger partial charge in [-0.25, -0.2) is 4.79 Å². The summed E-state index contributed by atoms with van der Waals surface area (Å²) in [5.74, 6) is -0.502. The van der Waals surface area contributed by atoms with Gasteiger partial charge >= 0.3 is 5.97 Å². The van der Waals surface area contributed by atoms with Crippen LogP contribution in [0.1, 0.15) is 31.4 Å². The van der Waals surface area contributed by atoms with Crippen molar-refractivity contribution in [2.45, 2.75) is 45.4 Å². The number of nitrogens with one attached hydrogen (secondary N) is 1. The number of carbonyl (C=O) groups is 2. The van der Waals surface area contributed by atoms with Crippen molar-refractivity contribution in [3.8, 4) is 0 Å². The van der Waals surface area contributed by atoms with Gasteiger partial charge in [0.1, 0.15) is 12.6 Å². The van der Waals surface area contributed by atoms with Gasteiger partial charge < -0.3 is 15.8 Å². The monoisotopic (exact) mass is 368 g/mol. The summed E-state index contributed by atoms with van der Waals surface area (Å²) in [7, 11) is 0. The van der Waals surface area contributed by atoms with E-state index in [9.17, 15) is 9.59 Å². The van der Waals surface area contributed by atoms with Crippen molar-refractivity contribution in [2.24, 2.45) is 11.7 Å². The Kier molecular flexibility index (Phi) is 8.01. The summed E-state index contributed by atoms with van der Waals surface area (Å²) in [4.78, 5) is 25.0. The second-order valence-corrected chi connectivity index (χ2v) is 7.08. The van der Waals surface area contributed by atoms with Crippen molar-refractivity contribution in [3.63, 3.8) is 0 Å². The highest BCUT2D eigenvalue weighted by Gasteiger charge is 2.25. The Morgan fingerprint density at radius 3 is 2.07 bits per heavy atom. The molecule has 3 N–H and O–H groups in total. The lowest BCUT2D eigenvalue weighted by molar-refractivity contribution is -0.149. The van der Waals surface area contributed by atoms with Crippen LogP contribution < -0.4 is 11.1 Å². The highest BCUT2D eigenvalue weighted by atomic mass is 16.5. The standard InChI is InChI=1S/C22H28N2O3/c1-16(2)13-19(23)21(25)24-20(14-17-9-5-3-6-10-17)22(26)27-15-18-11-7-4-8-12-18/h3-12,16,19-20H,13-15,23H2,1-2H3,(H,24,25)/t19?,20-/m0/s1. The number of hydrogen-bond acceptors (Lipinski definition) is 4. The fraction of sp³-hybridized carbons (Fsp3) is 0.364. The van der Waals surface area contributed by atoms with E-state index in [0.717, 1.165) is 11.1 Å². The molecule has 0 heterocycles. The van der Waals surface area contributed by atoms with Gasteiger partial charge in [-0.05, 0) is 23.5 Å². The lowest BCUT2D eigenvalue weighted by Crippen LogP contribution is -2.50. The van der Waals surface area contributed by atoms with Gasteiger partial charge in [0.05, 0.1) is 6.04 Å². The molecular weight excluding hydrogens is 340 g/mol. The second-order valence-electron chi connectivity index (χ2n) is 7.08. The fourth-order valence-corrected chi connectivity index (χ4v) is 2.77. The summed E-state index contributed by atoms with van der Waals surface area (Å²) >= 11 is 0. The summed E-state index contributed by atoms with van der Waals surface area (Å²) in [5, 5.41) is 2.77. The van der Waals surface area contributed by atoms with Gasteiger partial charge in [0.15, 0.2) is 0 Å². The maximum absolute atomic E-state index is 12.6. The van der Waals surface area contributed by atoms with Crippen molar-refractivity contribution in [1.82, 2.24) is 5.32 Å². The van der Waals surface area contributed by atoms with Crippen molar-refractivity contribution in [1.29, 1.82) is 0 Å². The highest BCUT2D eigenvalue weighted by Crippen LogP contribution is 2.09. The van der Waals surface area contributed by atoms with E-state index < -0.39 is 18.1 Å². The molecule has 1 amide bonds. The molecule has 0 radical (unpaired) electrons. The Bertz CT molecular complexity index is 717. The molecule has 0 saturated heterocycles. The van der Waals surface area contributed by atoms with E-state index in [1.54, 1.807) is 0 Å². The Hall–Kier alpha value is -2.66. The number of amides is 1. The summed E-state index contributed by atoms with van der Waals surface area (Å²) < 4.78 is 5.43. The third-order valence-corrected chi connectivity index (χ3v) is 4.17. The summed E-state index contributed by atoms with van der Waals surface area (Å²) in [5.41, 5.74) is 7.80. The predicted octanol–water partition coefficient (Wildman–Crippen LogP) is 2.83. The van der Waals surface area contributed by atoms with Crippen LogP contribution >= 0.6 is 0 Å². The molecule has 0 spiro atoms. The number of nitrogens with two attached hydrogens (primary N) is 1. The van der Waals surface area contributed by atoms with E-state index in [4.69, 9.17) is 10.5 Å². The number of rotatable bonds is 9. The van der Waals surface area contributed by atoms with Crippen molar-refractivity contribution < 1.29 is 14.3 Å². The topological polar surface area (TPSA) is 81.4 Å². The molecule has 5 heteroatoms. The van der Waals surface area contributed by atoms with Crippen LogP contribution in [-0.4, -0.2) is 24.0 Å². The van der Waals surface area contributed by atoms with Crippen LogP contribution in [-0.2, 0) is 27.4 Å². The maximum atomic E-state index is 12.6. The minimum absolute atomic E-state index is 0.166. The molecule has 0 saturated carbocycles. The van der Waals surface area contributed by atoms with Gasteiger partial charge in [-0.3, -0.25) is 4.79 Å². The highest BCUT2D eigenvalue weighted by molar-refractivity contribution is 5.87. The van der Waals surface area contributed by atoms with Crippen molar-refractivity contribution in [2.75, 3.05) is 0 Å². The molecule has 0 aliphatic heterocycles. The molecule has 2 rings (SSSR count). The Morgan fingerprint density at radius 1 is 0.963 bits per heavy atom. The summed E-state index contributed by atoms with van der Waals surface area (Å²) in [6.07, 6.45) is 0.914. The van der Waals surface area contributed by atoms with E-state index in [1.807, 2.05) is 74.5 Å². The first-order chi connectivity index (χ1) is 13.0. The molecule has 2 aromatic carbocycles. The Morgan fingerprint density at radius 2 is 1.52 bits per heavy atom. The largest absolute Gasteiger partial charge is 0.459 e. The minimum Gasteiger partial charge on any atom is -0.459 e. The predicted molar refractivity (Wildman–Crippen MR) is 106 cm³/mol. The van der Waals surface area contributed by atoms with Crippen molar-refractivity contribution >= 4 is 11.9 Å². The first kappa shape index (κ1) is 20.6. The molecule has 0 bridgehead atoms. The van der Waals surface area contributed by atoms with Crippen molar-refractivity contribution in [3.05, 3.63) is 71.8 Å². The van der Waals surface area contributed by atoms with E-state index in [2.05, 4.69) is 5.32 Å². The van der Waals surface area contributed by atoms with Crippen LogP contribution in [0.4, 0.5) is 0 Å². The normalized spacial score (nSPS) is 13.0. The van der Waals surface area contributed by atoms with E-state index >= 15 is 0 Å². The molecule has 0 aliphatic rings.